The number of hydrogen-bond acceptors (Lipinski definition) is 6. The zero-order valence-corrected chi connectivity index (χ0v) is 26.4. The Hall–Kier alpha value is -3.99. The third kappa shape index (κ3) is 6.43. The molecule has 0 aliphatic carbocycles. The number of hydrogen-bond donors (Lipinski definition) is 2. The van der Waals surface area contributed by atoms with Gasteiger partial charge in [-0.15, -0.1) is 0 Å². The number of ketones is 1. The van der Waals surface area contributed by atoms with Crippen LogP contribution in [0.1, 0.15) is 60.0 Å². The third-order valence-electron chi connectivity index (χ3n) is 8.43. The van der Waals surface area contributed by atoms with E-state index in [-0.39, 0.29) is 36.3 Å². The summed E-state index contributed by atoms with van der Waals surface area (Å²) < 4.78 is 3.52. The second-order valence-corrected chi connectivity index (χ2v) is 12.3. The van der Waals surface area contributed by atoms with E-state index in [1.165, 1.54) is 0 Å². The van der Waals surface area contributed by atoms with Gasteiger partial charge in [0.1, 0.15) is 6.54 Å². The highest BCUT2D eigenvalue weighted by Crippen LogP contribution is 2.27. The highest BCUT2D eigenvalue weighted by Gasteiger charge is 2.31. The lowest BCUT2D eigenvalue weighted by atomic mass is 10.0. The molecule has 5 rings (SSSR count). The standard InChI is InChI=1S/C33H39ClN6O4/c1-5-6-30(42)27-18-35-40(22(27)2)25-10-8-24(9-11-25)36-32(44)28-19-38(29-12-7-23(34)17-26(28)29)20-31(43)37-13-15-39(16-14-37)33(3,4)21-41/h7-12,17-19,41H,5-6,13-16,20-21H2,1-4H3,(H,36,44). The predicted molar refractivity (Wildman–Crippen MR) is 172 cm³/mol. The molecule has 0 saturated carbocycles. The fourth-order valence-electron chi connectivity index (χ4n) is 5.68. The maximum absolute atomic E-state index is 13.5. The van der Waals surface area contributed by atoms with Crippen molar-refractivity contribution in [2.45, 2.75) is 52.6 Å². The second-order valence-electron chi connectivity index (χ2n) is 11.9. The van der Waals surface area contributed by atoms with Crippen molar-refractivity contribution in [2.24, 2.45) is 0 Å². The molecular weight excluding hydrogens is 580 g/mol. The summed E-state index contributed by atoms with van der Waals surface area (Å²) in [5, 5.41) is 18.2. The summed E-state index contributed by atoms with van der Waals surface area (Å²) in [6.07, 6.45) is 4.57. The zero-order chi connectivity index (χ0) is 31.6. The number of fused-ring (bicyclic) bond motifs is 1. The van der Waals surface area contributed by atoms with Gasteiger partial charge in [-0.1, -0.05) is 18.5 Å². The topological polar surface area (TPSA) is 113 Å². The van der Waals surface area contributed by atoms with Crippen LogP contribution in [0.5, 0.6) is 0 Å². The maximum Gasteiger partial charge on any atom is 0.257 e. The molecular formula is C33H39ClN6O4. The van der Waals surface area contributed by atoms with E-state index in [0.29, 0.717) is 59.8 Å². The molecule has 0 atom stereocenters. The number of amides is 2. The van der Waals surface area contributed by atoms with E-state index < -0.39 is 0 Å². The number of carbonyl (C=O) groups is 3. The molecule has 0 spiro atoms. The molecule has 0 unspecified atom stereocenters. The van der Waals surface area contributed by atoms with Crippen LogP contribution in [0.15, 0.2) is 54.9 Å². The highest BCUT2D eigenvalue weighted by atomic mass is 35.5. The van der Waals surface area contributed by atoms with Crippen LogP contribution < -0.4 is 5.32 Å². The largest absolute Gasteiger partial charge is 0.394 e. The Morgan fingerprint density at radius 1 is 1.02 bits per heavy atom. The monoisotopic (exact) mass is 618 g/mol. The van der Waals surface area contributed by atoms with Gasteiger partial charge < -0.3 is 19.9 Å². The van der Waals surface area contributed by atoms with E-state index in [4.69, 9.17) is 11.6 Å². The van der Waals surface area contributed by atoms with Gasteiger partial charge in [0.25, 0.3) is 5.91 Å². The smallest absolute Gasteiger partial charge is 0.257 e. The van der Waals surface area contributed by atoms with Crippen LogP contribution in [0.2, 0.25) is 5.02 Å². The van der Waals surface area contributed by atoms with Gasteiger partial charge in [0.2, 0.25) is 5.91 Å². The summed E-state index contributed by atoms with van der Waals surface area (Å²) in [5.74, 6) is -0.279. The van der Waals surface area contributed by atoms with Gasteiger partial charge in [-0.05, 0) is 69.7 Å². The van der Waals surface area contributed by atoms with Gasteiger partial charge in [0.15, 0.2) is 5.78 Å². The first-order valence-corrected chi connectivity index (χ1v) is 15.3. The van der Waals surface area contributed by atoms with Crippen molar-refractivity contribution in [1.29, 1.82) is 0 Å². The van der Waals surface area contributed by atoms with Gasteiger partial charge in [-0.2, -0.15) is 5.10 Å². The minimum absolute atomic E-state index is 0.0330. The molecule has 232 valence electrons. The molecule has 2 N–H and O–H groups in total. The van der Waals surface area contributed by atoms with E-state index in [1.807, 2.05) is 50.8 Å². The van der Waals surface area contributed by atoms with Gasteiger partial charge in [0, 0.05) is 65.9 Å². The summed E-state index contributed by atoms with van der Waals surface area (Å²) in [6.45, 7) is 10.5. The van der Waals surface area contributed by atoms with Crippen LogP contribution in [0.3, 0.4) is 0 Å². The van der Waals surface area contributed by atoms with Crippen molar-refractivity contribution in [3.8, 4) is 5.69 Å². The number of aliphatic hydroxyl groups excluding tert-OH is 1. The number of aliphatic hydroxyl groups is 1. The minimum atomic E-state index is -0.329. The molecule has 1 aliphatic rings. The summed E-state index contributed by atoms with van der Waals surface area (Å²) in [7, 11) is 0. The zero-order valence-electron chi connectivity index (χ0n) is 25.6. The Labute approximate surface area is 262 Å². The summed E-state index contributed by atoms with van der Waals surface area (Å²) >= 11 is 6.31. The highest BCUT2D eigenvalue weighted by molar-refractivity contribution is 6.31. The first kappa shape index (κ1) is 31.4. The first-order chi connectivity index (χ1) is 21.0. The number of Topliss-reactive ketones (excluding diaryl/α,β-unsaturated/α-hetero) is 1. The lowest BCUT2D eigenvalue weighted by Gasteiger charge is -2.43. The molecule has 4 aromatic rings. The molecule has 44 heavy (non-hydrogen) atoms. The molecule has 0 radical (unpaired) electrons. The SMILES string of the molecule is CCCC(=O)c1cnn(-c2ccc(NC(=O)c3cn(CC(=O)N4CCN(C(C)(C)CO)CC4)c4ccc(Cl)cc34)cc2)c1C. The fraction of sp³-hybridized carbons (Fsp3) is 0.394. The van der Waals surface area contributed by atoms with Gasteiger partial charge in [-0.3, -0.25) is 19.3 Å². The molecule has 3 heterocycles. The summed E-state index contributed by atoms with van der Waals surface area (Å²) in [4.78, 5) is 43.2. The van der Waals surface area contributed by atoms with Crippen LogP contribution in [-0.2, 0) is 11.3 Å². The van der Waals surface area contributed by atoms with Crippen molar-refractivity contribution in [3.63, 3.8) is 0 Å². The van der Waals surface area contributed by atoms with Crippen LogP contribution in [0.25, 0.3) is 16.6 Å². The van der Waals surface area contributed by atoms with Crippen LogP contribution in [-0.4, -0.2) is 85.2 Å². The number of rotatable bonds is 10. The molecule has 1 fully saturated rings. The second kappa shape index (κ2) is 12.9. The van der Waals surface area contributed by atoms with Crippen LogP contribution >= 0.6 is 11.6 Å². The first-order valence-electron chi connectivity index (χ1n) is 14.9. The normalized spacial score (nSPS) is 14.3. The van der Waals surface area contributed by atoms with Crippen molar-refractivity contribution in [2.75, 3.05) is 38.1 Å². The minimum Gasteiger partial charge on any atom is -0.394 e. The number of nitrogens with one attached hydrogen (secondary N) is 1. The van der Waals surface area contributed by atoms with Crippen molar-refractivity contribution >= 4 is 45.8 Å². The van der Waals surface area contributed by atoms with E-state index in [9.17, 15) is 19.5 Å². The predicted octanol–water partition coefficient (Wildman–Crippen LogP) is 4.94. The van der Waals surface area contributed by atoms with E-state index >= 15 is 0 Å². The number of nitrogens with zero attached hydrogens (tertiary/aromatic N) is 5. The maximum atomic E-state index is 13.5. The molecule has 1 saturated heterocycles. The third-order valence-corrected chi connectivity index (χ3v) is 8.66. The Kier molecular flexibility index (Phi) is 9.24. The number of carbonyl (C=O) groups excluding carboxylic acids is 3. The summed E-state index contributed by atoms with van der Waals surface area (Å²) in [6, 6.07) is 12.6. The Bertz CT molecular complexity index is 1680. The molecule has 11 heteroatoms. The van der Waals surface area contributed by atoms with Gasteiger partial charge in [-0.25, -0.2) is 4.68 Å². The van der Waals surface area contributed by atoms with Crippen molar-refractivity contribution < 1.29 is 19.5 Å². The molecule has 2 amide bonds. The molecule has 10 nitrogen and oxygen atoms in total. The van der Waals surface area contributed by atoms with E-state index in [0.717, 1.165) is 23.3 Å². The average Bonchev–Trinajstić information content (AvgIpc) is 3.57. The molecule has 0 bridgehead atoms. The molecule has 2 aromatic heterocycles. The number of benzene rings is 2. The quantitative estimate of drug-likeness (QED) is 0.244. The number of piperazine rings is 1. The van der Waals surface area contributed by atoms with Crippen molar-refractivity contribution in [1.82, 2.24) is 24.1 Å². The van der Waals surface area contributed by atoms with Crippen LogP contribution in [0, 0.1) is 6.92 Å². The summed E-state index contributed by atoms with van der Waals surface area (Å²) in [5.41, 5.74) is 3.58. The van der Waals surface area contributed by atoms with E-state index in [2.05, 4.69) is 15.3 Å². The van der Waals surface area contributed by atoms with Crippen molar-refractivity contribution in [3.05, 3.63) is 76.7 Å². The Morgan fingerprint density at radius 2 is 1.73 bits per heavy atom. The number of anilines is 1. The molecule has 2 aromatic carbocycles. The number of aromatic nitrogens is 3. The Morgan fingerprint density at radius 3 is 2.39 bits per heavy atom. The van der Waals surface area contributed by atoms with Gasteiger partial charge >= 0.3 is 0 Å². The van der Waals surface area contributed by atoms with Crippen LogP contribution in [0.4, 0.5) is 5.69 Å². The average molecular weight is 619 g/mol. The lowest BCUT2D eigenvalue weighted by Crippen LogP contribution is -2.57. The lowest BCUT2D eigenvalue weighted by molar-refractivity contribution is -0.134. The van der Waals surface area contributed by atoms with Gasteiger partial charge in [0.05, 0.1) is 35.3 Å². The molecule has 1 aliphatic heterocycles. The number of halogens is 1. The Balaban J connectivity index is 1.31. The fourth-order valence-corrected chi connectivity index (χ4v) is 5.85. The van der Waals surface area contributed by atoms with E-state index in [1.54, 1.807) is 45.9 Å².